The minimum atomic E-state index is -2.67. The Morgan fingerprint density at radius 1 is 1.03 bits per heavy atom. The van der Waals surface area contributed by atoms with Gasteiger partial charge in [0.2, 0.25) is 5.89 Å². The Morgan fingerprint density at radius 2 is 1.76 bits per heavy atom. The van der Waals surface area contributed by atoms with Gasteiger partial charge in [-0.05, 0) is 35.2 Å². The average molecular weight is 414 g/mol. The molecule has 0 spiro atoms. The van der Waals surface area contributed by atoms with Gasteiger partial charge in [-0.25, -0.2) is 4.98 Å². The molecule has 0 amide bonds. The first-order chi connectivity index (χ1) is 13.8. The highest BCUT2D eigenvalue weighted by atomic mass is 32.2. The second-order valence-corrected chi connectivity index (χ2v) is 8.58. The summed E-state index contributed by atoms with van der Waals surface area (Å²) in [4.78, 5) is 4.32. The van der Waals surface area contributed by atoms with Crippen molar-refractivity contribution in [2.45, 2.75) is 43.7 Å². The molecule has 0 saturated heterocycles. The summed E-state index contributed by atoms with van der Waals surface area (Å²) in [6.45, 7) is 3.78. The number of alkyl halides is 2. The molecule has 2 heterocycles. The van der Waals surface area contributed by atoms with Gasteiger partial charge in [0.25, 0.3) is 5.22 Å². The molecule has 0 saturated carbocycles. The Bertz CT molecular complexity index is 1130. The van der Waals surface area contributed by atoms with Crippen molar-refractivity contribution in [3.05, 3.63) is 59.9 Å². The largest absolute Gasteiger partial charge is 0.411 e. The van der Waals surface area contributed by atoms with Crippen LogP contribution in [0.4, 0.5) is 8.78 Å². The highest BCUT2D eigenvalue weighted by molar-refractivity contribution is 7.98. The van der Waals surface area contributed by atoms with E-state index in [1.165, 1.54) is 17.3 Å². The van der Waals surface area contributed by atoms with Gasteiger partial charge < -0.3 is 4.42 Å². The zero-order chi connectivity index (χ0) is 20.6. The van der Waals surface area contributed by atoms with Crippen LogP contribution in [-0.2, 0) is 11.2 Å². The van der Waals surface area contributed by atoms with E-state index in [9.17, 15) is 8.78 Å². The Balaban J connectivity index is 1.52. The van der Waals surface area contributed by atoms with Gasteiger partial charge in [0.15, 0.2) is 0 Å². The molecule has 0 bridgehead atoms. The molecule has 0 atom stereocenters. The topological polar surface area (TPSA) is 56.7 Å². The van der Waals surface area contributed by atoms with Crippen molar-refractivity contribution in [1.82, 2.24) is 19.7 Å². The van der Waals surface area contributed by atoms with Gasteiger partial charge >= 0.3 is 6.55 Å². The normalized spacial score (nSPS) is 12.2. The Kier molecular flexibility index (Phi) is 5.12. The number of rotatable bonds is 5. The van der Waals surface area contributed by atoms with Crippen LogP contribution < -0.4 is 0 Å². The summed E-state index contributed by atoms with van der Waals surface area (Å²) in [6.07, 6.45) is 0. The molecule has 0 aliphatic rings. The highest BCUT2D eigenvalue weighted by Gasteiger charge is 2.19. The number of nitrogens with zero attached hydrogens (tertiary/aromatic N) is 4. The molecule has 0 aliphatic heterocycles. The third kappa shape index (κ3) is 4.03. The maximum atomic E-state index is 13.5. The van der Waals surface area contributed by atoms with Gasteiger partial charge in [0, 0.05) is 5.56 Å². The molecule has 5 nitrogen and oxygen atoms in total. The van der Waals surface area contributed by atoms with E-state index in [0.717, 1.165) is 10.1 Å². The molecule has 150 valence electrons. The summed E-state index contributed by atoms with van der Waals surface area (Å²) in [5.41, 5.74) is 3.03. The molecular formula is C21H20F2N4OS. The van der Waals surface area contributed by atoms with Crippen molar-refractivity contribution in [2.75, 3.05) is 0 Å². The molecule has 29 heavy (non-hydrogen) atoms. The summed E-state index contributed by atoms with van der Waals surface area (Å²) in [6, 6.07) is 14.8. The molecule has 4 rings (SSSR count). The monoisotopic (exact) mass is 414 g/mol. The zero-order valence-corrected chi connectivity index (χ0v) is 17.1. The van der Waals surface area contributed by atoms with Crippen molar-refractivity contribution in [3.63, 3.8) is 0 Å². The molecule has 0 N–H and O–H groups in total. The van der Waals surface area contributed by atoms with E-state index >= 15 is 0 Å². The maximum absolute atomic E-state index is 13.5. The Morgan fingerprint density at radius 3 is 2.45 bits per heavy atom. The van der Waals surface area contributed by atoms with Crippen LogP contribution in [0, 0.1) is 0 Å². The molecule has 0 fully saturated rings. The SMILES string of the molecule is CC(C)(C)c1ccc(-c2nnc(SCc3nc4ccccc4n3C(F)F)o2)cc1. The molecular weight excluding hydrogens is 394 g/mol. The number of benzene rings is 2. The third-order valence-corrected chi connectivity index (χ3v) is 5.41. The first-order valence-corrected chi connectivity index (χ1v) is 10.1. The van der Waals surface area contributed by atoms with Crippen LogP contribution in [-0.4, -0.2) is 19.7 Å². The summed E-state index contributed by atoms with van der Waals surface area (Å²) in [7, 11) is 0. The fraction of sp³-hybridized carbons (Fsp3) is 0.286. The Hall–Kier alpha value is -2.74. The maximum Gasteiger partial charge on any atom is 0.320 e. The summed E-state index contributed by atoms with van der Waals surface area (Å²) in [5, 5.41) is 8.42. The minimum Gasteiger partial charge on any atom is -0.411 e. The van der Waals surface area contributed by atoms with Crippen molar-refractivity contribution in [1.29, 1.82) is 0 Å². The van der Waals surface area contributed by atoms with Crippen molar-refractivity contribution in [3.8, 4) is 11.5 Å². The van der Waals surface area contributed by atoms with Crippen LogP contribution in [0.15, 0.2) is 58.2 Å². The van der Waals surface area contributed by atoms with Gasteiger partial charge in [-0.1, -0.05) is 56.8 Å². The van der Waals surface area contributed by atoms with E-state index in [1.54, 1.807) is 24.3 Å². The second kappa shape index (κ2) is 7.59. The third-order valence-electron chi connectivity index (χ3n) is 4.59. The number of hydrogen-bond donors (Lipinski definition) is 0. The molecule has 0 radical (unpaired) electrons. The first kappa shape index (κ1) is 19.6. The van der Waals surface area contributed by atoms with Gasteiger partial charge in [-0.15, -0.1) is 10.2 Å². The Labute approximate surface area is 171 Å². The van der Waals surface area contributed by atoms with Gasteiger partial charge in [-0.3, -0.25) is 4.57 Å². The summed E-state index contributed by atoms with van der Waals surface area (Å²) in [5.74, 6) is 0.861. The van der Waals surface area contributed by atoms with Crippen LogP contribution >= 0.6 is 11.8 Å². The number of fused-ring (bicyclic) bond motifs is 1. The number of hydrogen-bond acceptors (Lipinski definition) is 5. The van der Waals surface area contributed by atoms with Crippen molar-refractivity contribution in [2.24, 2.45) is 0 Å². The molecule has 2 aromatic heterocycles. The van der Waals surface area contributed by atoms with Crippen LogP contribution in [0.5, 0.6) is 0 Å². The van der Waals surface area contributed by atoms with Crippen molar-refractivity contribution >= 4 is 22.8 Å². The number of thioether (sulfide) groups is 1. The molecule has 4 aromatic rings. The summed E-state index contributed by atoms with van der Waals surface area (Å²) < 4.78 is 33.7. The lowest BCUT2D eigenvalue weighted by atomic mass is 9.87. The zero-order valence-electron chi connectivity index (χ0n) is 16.3. The number of aromatic nitrogens is 4. The van der Waals surface area contributed by atoms with E-state index in [1.807, 2.05) is 24.3 Å². The fourth-order valence-electron chi connectivity index (χ4n) is 3.04. The molecule has 8 heteroatoms. The lowest BCUT2D eigenvalue weighted by molar-refractivity contribution is 0.0722. The standard InChI is InChI=1S/C21H20F2N4OS/c1-21(2,3)14-10-8-13(9-11-14)18-25-26-20(28-18)29-12-17-24-15-6-4-5-7-16(15)27(17)19(22)23/h4-11,19H,12H2,1-3H3. The first-order valence-electron chi connectivity index (χ1n) is 9.14. The minimum absolute atomic E-state index is 0.0601. The van der Waals surface area contributed by atoms with E-state index < -0.39 is 6.55 Å². The average Bonchev–Trinajstić information content (AvgIpc) is 3.30. The molecule has 0 unspecified atom stereocenters. The van der Waals surface area contributed by atoms with Crippen LogP contribution in [0.3, 0.4) is 0 Å². The smallest absolute Gasteiger partial charge is 0.320 e. The van der Waals surface area contributed by atoms with E-state index in [4.69, 9.17) is 4.42 Å². The predicted octanol–water partition coefficient (Wildman–Crippen LogP) is 6.07. The van der Waals surface area contributed by atoms with Gasteiger partial charge in [0.1, 0.15) is 5.82 Å². The van der Waals surface area contributed by atoms with E-state index in [2.05, 4.69) is 36.0 Å². The summed E-state index contributed by atoms with van der Waals surface area (Å²) >= 11 is 1.19. The number of halogens is 2. The van der Waals surface area contributed by atoms with Crippen LogP contribution in [0.1, 0.15) is 38.7 Å². The molecule has 0 aliphatic carbocycles. The second-order valence-electron chi connectivity index (χ2n) is 7.65. The molecule has 2 aromatic carbocycles. The fourth-order valence-corrected chi connectivity index (χ4v) is 3.73. The number of para-hydroxylation sites is 2. The quantitative estimate of drug-likeness (QED) is 0.371. The van der Waals surface area contributed by atoms with E-state index in [-0.39, 0.29) is 17.0 Å². The lowest BCUT2D eigenvalue weighted by Gasteiger charge is -2.18. The lowest BCUT2D eigenvalue weighted by Crippen LogP contribution is -2.10. The van der Waals surface area contributed by atoms with E-state index in [0.29, 0.717) is 22.1 Å². The van der Waals surface area contributed by atoms with Gasteiger partial charge in [-0.2, -0.15) is 8.78 Å². The van der Waals surface area contributed by atoms with Gasteiger partial charge in [0.05, 0.1) is 16.8 Å². The van der Waals surface area contributed by atoms with Crippen LogP contribution in [0.25, 0.3) is 22.5 Å². The predicted molar refractivity (Wildman–Crippen MR) is 109 cm³/mol. The highest BCUT2D eigenvalue weighted by Crippen LogP contribution is 2.30. The van der Waals surface area contributed by atoms with Crippen molar-refractivity contribution < 1.29 is 13.2 Å². The number of imidazole rings is 1. The van der Waals surface area contributed by atoms with Crippen LogP contribution in [0.2, 0.25) is 0 Å².